The first-order valence-corrected chi connectivity index (χ1v) is 10.5. The second kappa shape index (κ2) is 7.27. The summed E-state index contributed by atoms with van der Waals surface area (Å²) in [5.74, 6) is 1.87. The molecule has 1 saturated heterocycles. The Hall–Kier alpha value is -2.87. The highest BCUT2D eigenvalue weighted by Crippen LogP contribution is 2.34. The number of rotatable bonds is 4. The standard InChI is InChI=1S/C20H22N6OS/c1-2-27-15-5-3-6-16-19(15)22-20(28-16)25-11-4-10-24(13-14-25)18-8-7-17-21-9-12-26(17)23-18/h3,5-9,12H,2,4,10-11,13-14H2,1H3. The summed E-state index contributed by atoms with van der Waals surface area (Å²) in [6, 6.07) is 10.2. The van der Waals surface area contributed by atoms with Crippen LogP contribution >= 0.6 is 11.3 Å². The van der Waals surface area contributed by atoms with Crippen LogP contribution in [0.25, 0.3) is 15.9 Å². The van der Waals surface area contributed by atoms with Gasteiger partial charge in [-0.1, -0.05) is 17.4 Å². The zero-order chi connectivity index (χ0) is 18.9. The predicted molar refractivity (Wildman–Crippen MR) is 113 cm³/mol. The highest BCUT2D eigenvalue weighted by atomic mass is 32.1. The average molecular weight is 395 g/mol. The molecule has 0 N–H and O–H groups in total. The minimum atomic E-state index is 0.652. The number of hydrogen-bond donors (Lipinski definition) is 0. The first-order valence-electron chi connectivity index (χ1n) is 9.64. The van der Waals surface area contributed by atoms with Gasteiger partial charge in [0.05, 0.1) is 11.3 Å². The van der Waals surface area contributed by atoms with Crippen LogP contribution in [0.4, 0.5) is 10.9 Å². The molecular formula is C20H22N6OS. The summed E-state index contributed by atoms with van der Waals surface area (Å²) in [6.45, 7) is 6.48. The highest BCUT2D eigenvalue weighted by molar-refractivity contribution is 7.22. The molecule has 8 heteroatoms. The molecular weight excluding hydrogens is 372 g/mol. The molecule has 0 aliphatic carbocycles. The number of hydrogen-bond acceptors (Lipinski definition) is 7. The molecule has 1 fully saturated rings. The monoisotopic (exact) mass is 394 g/mol. The van der Waals surface area contributed by atoms with Crippen LogP contribution < -0.4 is 14.5 Å². The summed E-state index contributed by atoms with van der Waals surface area (Å²) < 4.78 is 8.76. The average Bonchev–Trinajstić information content (AvgIpc) is 3.29. The van der Waals surface area contributed by atoms with E-state index in [1.54, 1.807) is 17.5 Å². The van der Waals surface area contributed by atoms with Crippen molar-refractivity contribution in [1.29, 1.82) is 0 Å². The quantitative estimate of drug-likeness (QED) is 0.528. The van der Waals surface area contributed by atoms with Crippen LogP contribution in [-0.2, 0) is 0 Å². The summed E-state index contributed by atoms with van der Waals surface area (Å²) in [5.41, 5.74) is 1.84. The van der Waals surface area contributed by atoms with Gasteiger partial charge in [-0.15, -0.1) is 5.10 Å². The maximum Gasteiger partial charge on any atom is 0.186 e. The van der Waals surface area contributed by atoms with Crippen molar-refractivity contribution in [3.63, 3.8) is 0 Å². The predicted octanol–water partition coefficient (Wildman–Crippen LogP) is 3.45. The van der Waals surface area contributed by atoms with E-state index in [9.17, 15) is 0 Å². The fraction of sp³-hybridized carbons (Fsp3) is 0.350. The molecule has 144 valence electrons. The van der Waals surface area contributed by atoms with Crippen LogP contribution in [0.3, 0.4) is 0 Å². The van der Waals surface area contributed by atoms with E-state index in [-0.39, 0.29) is 0 Å². The third-order valence-corrected chi connectivity index (χ3v) is 6.08. The maximum absolute atomic E-state index is 5.75. The molecule has 1 aliphatic rings. The lowest BCUT2D eigenvalue weighted by Gasteiger charge is -2.22. The third kappa shape index (κ3) is 3.13. The lowest BCUT2D eigenvalue weighted by atomic mass is 10.3. The number of anilines is 2. The van der Waals surface area contributed by atoms with E-state index in [0.717, 1.165) is 60.5 Å². The Bertz CT molecular complexity index is 1110. The van der Waals surface area contributed by atoms with Gasteiger partial charge in [-0.25, -0.2) is 14.5 Å². The van der Waals surface area contributed by atoms with Gasteiger partial charge < -0.3 is 14.5 Å². The summed E-state index contributed by atoms with van der Waals surface area (Å²) in [7, 11) is 0. The molecule has 0 bridgehead atoms. The van der Waals surface area contributed by atoms with Gasteiger partial charge in [0, 0.05) is 38.6 Å². The first kappa shape index (κ1) is 17.2. The number of benzene rings is 1. The van der Waals surface area contributed by atoms with Crippen LogP contribution in [0.1, 0.15) is 13.3 Å². The van der Waals surface area contributed by atoms with Gasteiger partial charge in [0.25, 0.3) is 0 Å². The second-order valence-electron chi connectivity index (χ2n) is 6.78. The van der Waals surface area contributed by atoms with Gasteiger partial charge in [-0.3, -0.25) is 0 Å². The molecule has 0 saturated carbocycles. The number of imidazole rings is 1. The number of para-hydroxylation sites is 1. The van der Waals surface area contributed by atoms with Crippen molar-refractivity contribution in [1.82, 2.24) is 19.6 Å². The SMILES string of the molecule is CCOc1cccc2sc(N3CCCN(c4ccc5nccn5n4)CC3)nc12. The largest absolute Gasteiger partial charge is 0.492 e. The summed E-state index contributed by atoms with van der Waals surface area (Å²) >= 11 is 1.74. The molecule has 4 aromatic rings. The lowest BCUT2D eigenvalue weighted by molar-refractivity contribution is 0.344. The Kier molecular flexibility index (Phi) is 4.48. The van der Waals surface area contributed by atoms with Crippen LogP contribution in [0.2, 0.25) is 0 Å². The zero-order valence-corrected chi connectivity index (χ0v) is 16.6. The van der Waals surface area contributed by atoms with Crippen LogP contribution in [0.5, 0.6) is 5.75 Å². The Morgan fingerprint density at radius 1 is 1.07 bits per heavy atom. The number of aromatic nitrogens is 4. The van der Waals surface area contributed by atoms with E-state index >= 15 is 0 Å². The molecule has 0 unspecified atom stereocenters. The molecule has 7 nitrogen and oxygen atoms in total. The van der Waals surface area contributed by atoms with Gasteiger partial charge in [0.1, 0.15) is 17.1 Å². The maximum atomic E-state index is 5.75. The Morgan fingerprint density at radius 2 is 1.96 bits per heavy atom. The van der Waals surface area contributed by atoms with Gasteiger partial charge in [-0.05, 0) is 37.6 Å². The molecule has 28 heavy (non-hydrogen) atoms. The molecule has 1 aromatic carbocycles. The second-order valence-corrected chi connectivity index (χ2v) is 7.79. The van der Waals surface area contributed by atoms with Gasteiger partial charge in [0.2, 0.25) is 0 Å². The summed E-state index contributed by atoms with van der Waals surface area (Å²) in [4.78, 5) is 13.9. The van der Waals surface area contributed by atoms with E-state index < -0.39 is 0 Å². The fourth-order valence-corrected chi connectivity index (χ4v) is 4.67. The molecule has 3 aromatic heterocycles. The topological polar surface area (TPSA) is 58.8 Å². The third-order valence-electron chi connectivity index (χ3n) is 5.00. The van der Waals surface area contributed by atoms with Crippen molar-refractivity contribution in [2.45, 2.75) is 13.3 Å². The zero-order valence-electron chi connectivity index (χ0n) is 15.8. The molecule has 0 radical (unpaired) electrons. The molecule has 0 amide bonds. The lowest BCUT2D eigenvalue weighted by Crippen LogP contribution is -2.31. The van der Waals surface area contributed by atoms with Gasteiger partial charge in [0.15, 0.2) is 10.8 Å². The van der Waals surface area contributed by atoms with Crippen LogP contribution in [0, 0.1) is 0 Å². The summed E-state index contributed by atoms with van der Waals surface area (Å²) in [5, 5.41) is 5.77. The molecule has 4 heterocycles. The Labute approximate surface area is 167 Å². The van der Waals surface area contributed by atoms with Crippen molar-refractivity contribution in [2.75, 3.05) is 42.6 Å². The van der Waals surface area contributed by atoms with Crippen molar-refractivity contribution in [2.24, 2.45) is 0 Å². The van der Waals surface area contributed by atoms with Crippen molar-refractivity contribution < 1.29 is 4.74 Å². The van der Waals surface area contributed by atoms with E-state index in [1.165, 1.54) is 4.70 Å². The normalized spacial score (nSPS) is 15.3. The molecule has 0 atom stereocenters. The molecule has 0 spiro atoms. The minimum Gasteiger partial charge on any atom is -0.492 e. The minimum absolute atomic E-state index is 0.652. The Morgan fingerprint density at radius 3 is 2.89 bits per heavy atom. The van der Waals surface area contributed by atoms with E-state index in [2.05, 4.69) is 26.9 Å². The number of fused-ring (bicyclic) bond motifs is 2. The van der Waals surface area contributed by atoms with Crippen molar-refractivity contribution in [3.8, 4) is 5.75 Å². The van der Waals surface area contributed by atoms with E-state index in [4.69, 9.17) is 14.8 Å². The van der Waals surface area contributed by atoms with E-state index in [1.807, 2.05) is 35.8 Å². The van der Waals surface area contributed by atoms with Gasteiger partial charge in [-0.2, -0.15) is 0 Å². The smallest absolute Gasteiger partial charge is 0.186 e. The fourth-order valence-electron chi connectivity index (χ4n) is 3.63. The van der Waals surface area contributed by atoms with Crippen molar-refractivity contribution >= 4 is 38.2 Å². The van der Waals surface area contributed by atoms with Gasteiger partial charge >= 0.3 is 0 Å². The number of thiazole rings is 1. The number of nitrogens with zero attached hydrogens (tertiary/aromatic N) is 6. The number of ether oxygens (including phenoxy) is 1. The molecule has 5 rings (SSSR count). The van der Waals surface area contributed by atoms with Crippen LogP contribution in [-0.4, -0.2) is 52.4 Å². The first-order chi connectivity index (χ1) is 13.8. The summed E-state index contributed by atoms with van der Waals surface area (Å²) in [6.07, 6.45) is 4.73. The Balaban J connectivity index is 1.36. The van der Waals surface area contributed by atoms with E-state index in [0.29, 0.717) is 6.61 Å². The molecule has 1 aliphatic heterocycles. The van der Waals surface area contributed by atoms with Crippen LogP contribution in [0.15, 0.2) is 42.7 Å². The van der Waals surface area contributed by atoms with Crippen molar-refractivity contribution in [3.05, 3.63) is 42.7 Å². The highest BCUT2D eigenvalue weighted by Gasteiger charge is 2.20.